The van der Waals surface area contributed by atoms with Crippen molar-refractivity contribution in [2.45, 2.75) is 46.1 Å². The molecule has 6 heteroatoms. The molecule has 102 valence electrons. The van der Waals surface area contributed by atoms with Gasteiger partial charge in [0.25, 0.3) is 5.91 Å². The molecule has 0 saturated heterocycles. The summed E-state index contributed by atoms with van der Waals surface area (Å²) in [6.45, 7) is 10.9. The third kappa shape index (κ3) is 3.51. The number of nitrogens with zero attached hydrogens (tertiary/aromatic N) is 3. The largest absolute Gasteiger partial charge is 0.335 e. The first-order chi connectivity index (χ1) is 8.29. The van der Waals surface area contributed by atoms with Crippen molar-refractivity contribution in [3.05, 3.63) is 10.6 Å². The number of carbonyl (C=O) groups is 1. The summed E-state index contributed by atoms with van der Waals surface area (Å²) in [5, 5.41) is 4.89. The molecule has 1 aromatic rings. The summed E-state index contributed by atoms with van der Waals surface area (Å²) in [6.07, 6.45) is 0. The highest BCUT2D eigenvalue weighted by Crippen LogP contribution is 2.27. The second kappa shape index (κ2) is 6.10. The molecule has 0 aromatic carbocycles. The molecule has 0 fully saturated rings. The molecule has 1 rings (SSSR count). The van der Waals surface area contributed by atoms with E-state index in [1.807, 2.05) is 39.5 Å². The average Bonchev–Trinajstić information content (AvgIpc) is 2.72. The standard InChI is InChI=1S/C12H20BrN3OS/c1-8(2)16(7-6-13)11(17)9-10(12(3,4)5)14-15-18-9/h8H,6-7H2,1-5H3. The van der Waals surface area contributed by atoms with Gasteiger partial charge in [-0.05, 0) is 25.4 Å². The number of alkyl halides is 1. The molecule has 1 aromatic heterocycles. The Labute approximate surface area is 121 Å². The van der Waals surface area contributed by atoms with E-state index in [-0.39, 0.29) is 17.4 Å². The number of aromatic nitrogens is 2. The fraction of sp³-hybridized carbons (Fsp3) is 0.750. The van der Waals surface area contributed by atoms with Gasteiger partial charge >= 0.3 is 0 Å². The molecular formula is C12H20BrN3OS. The predicted octanol–water partition coefficient (Wildman–Crippen LogP) is 3.08. The molecule has 0 saturated carbocycles. The molecule has 0 aliphatic rings. The number of hydrogen-bond acceptors (Lipinski definition) is 4. The van der Waals surface area contributed by atoms with Gasteiger partial charge in [-0.25, -0.2) is 0 Å². The molecule has 4 nitrogen and oxygen atoms in total. The van der Waals surface area contributed by atoms with Crippen LogP contribution in [0.15, 0.2) is 0 Å². The Morgan fingerprint density at radius 1 is 1.44 bits per heavy atom. The summed E-state index contributed by atoms with van der Waals surface area (Å²) in [6, 6.07) is 0.171. The fourth-order valence-corrected chi connectivity index (χ4v) is 2.85. The summed E-state index contributed by atoms with van der Waals surface area (Å²) in [5.41, 5.74) is 0.632. The summed E-state index contributed by atoms with van der Waals surface area (Å²) in [4.78, 5) is 15.1. The van der Waals surface area contributed by atoms with Gasteiger partial charge in [-0.3, -0.25) is 4.79 Å². The number of halogens is 1. The summed E-state index contributed by atoms with van der Waals surface area (Å²) < 4.78 is 3.94. The Morgan fingerprint density at radius 3 is 2.50 bits per heavy atom. The summed E-state index contributed by atoms with van der Waals surface area (Å²) in [7, 11) is 0. The third-order valence-corrected chi connectivity index (χ3v) is 3.67. The quantitative estimate of drug-likeness (QED) is 0.795. The van der Waals surface area contributed by atoms with Crippen LogP contribution in [-0.4, -0.2) is 38.3 Å². The number of hydrogen-bond donors (Lipinski definition) is 0. The molecule has 0 unspecified atom stereocenters. The van der Waals surface area contributed by atoms with Crippen LogP contribution in [0.1, 0.15) is 50.0 Å². The Kier molecular flexibility index (Phi) is 5.28. The average molecular weight is 334 g/mol. The SMILES string of the molecule is CC(C)N(CCBr)C(=O)c1snnc1C(C)(C)C. The van der Waals surface area contributed by atoms with Crippen LogP contribution in [0.2, 0.25) is 0 Å². The van der Waals surface area contributed by atoms with Crippen LogP contribution in [0.3, 0.4) is 0 Å². The molecule has 1 amide bonds. The Balaban J connectivity index is 3.06. The van der Waals surface area contributed by atoms with Crippen molar-refractivity contribution in [3.63, 3.8) is 0 Å². The van der Waals surface area contributed by atoms with E-state index in [1.54, 1.807) is 0 Å². The third-order valence-electron chi connectivity index (χ3n) is 2.60. The Hall–Kier alpha value is -0.490. The lowest BCUT2D eigenvalue weighted by Gasteiger charge is -2.26. The van der Waals surface area contributed by atoms with Gasteiger partial charge < -0.3 is 4.90 Å². The molecule has 0 spiro atoms. The van der Waals surface area contributed by atoms with Crippen LogP contribution in [0.4, 0.5) is 0 Å². The van der Waals surface area contributed by atoms with E-state index in [4.69, 9.17) is 0 Å². The molecular weight excluding hydrogens is 314 g/mol. The lowest BCUT2D eigenvalue weighted by molar-refractivity contribution is 0.0721. The van der Waals surface area contributed by atoms with Gasteiger partial charge in [0.1, 0.15) is 4.88 Å². The monoisotopic (exact) mass is 333 g/mol. The molecule has 0 N–H and O–H groups in total. The number of amides is 1. The van der Waals surface area contributed by atoms with Gasteiger partial charge in [0, 0.05) is 23.3 Å². The minimum Gasteiger partial charge on any atom is -0.335 e. The van der Waals surface area contributed by atoms with E-state index in [2.05, 4.69) is 25.5 Å². The minimum atomic E-state index is -0.158. The maximum Gasteiger partial charge on any atom is 0.267 e. The zero-order valence-corrected chi connectivity index (χ0v) is 13.9. The van der Waals surface area contributed by atoms with Crippen LogP contribution in [0.25, 0.3) is 0 Å². The van der Waals surface area contributed by atoms with Crippen molar-refractivity contribution in [3.8, 4) is 0 Å². The highest BCUT2D eigenvalue weighted by atomic mass is 79.9. The lowest BCUT2D eigenvalue weighted by Crippen LogP contribution is -2.38. The Bertz CT molecular complexity index is 412. The van der Waals surface area contributed by atoms with Crippen molar-refractivity contribution in [2.75, 3.05) is 11.9 Å². The lowest BCUT2D eigenvalue weighted by atomic mass is 9.91. The summed E-state index contributed by atoms with van der Waals surface area (Å²) >= 11 is 4.57. The van der Waals surface area contributed by atoms with Crippen LogP contribution < -0.4 is 0 Å². The van der Waals surface area contributed by atoms with E-state index < -0.39 is 0 Å². The van der Waals surface area contributed by atoms with Gasteiger partial charge in [-0.1, -0.05) is 41.2 Å². The van der Waals surface area contributed by atoms with Crippen LogP contribution >= 0.6 is 27.5 Å². The normalized spacial score (nSPS) is 11.9. The predicted molar refractivity (Wildman–Crippen MR) is 78.6 cm³/mol. The molecule has 1 heterocycles. The van der Waals surface area contributed by atoms with Crippen molar-refractivity contribution < 1.29 is 4.79 Å². The molecule has 18 heavy (non-hydrogen) atoms. The molecule has 0 aliphatic heterocycles. The first-order valence-electron chi connectivity index (χ1n) is 5.98. The zero-order chi connectivity index (χ0) is 13.9. The highest BCUT2D eigenvalue weighted by molar-refractivity contribution is 9.09. The molecule has 0 aliphatic carbocycles. The number of carbonyl (C=O) groups excluding carboxylic acids is 1. The van der Waals surface area contributed by atoms with E-state index in [1.165, 1.54) is 11.5 Å². The van der Waals surface area contributed by atoms with Crippen LogP contribution in [0.5, 0.6) is 0 Å². The van der Waals surface area contributed by atoms with Crippen molar-refractivity contribution in [2.24, 2.45) is 0 Å². The zero-order valence-electron chi connectivity index (χ0n) is 11.5. The van der Waals surface area contributed by atoms with Gasteiger partial charge in [0.05, 0.1) is 5.69 Å². The minimum absolute atomic E-state index is 0.0318. The van der Waals surface area contributed by atoms with E-state index in [9.17, 15) is 4.79 Å². The second-order valence-electron chi connectivity index (χ2n) is 5.48. The van der Waals surface area contributed by atoms with Gasteiger partial charge in [0.15, 0.2) is 0 Å². The fourth-order valence-electron chi connectivity index (χ4n) is 1.64. The van der Waals surface area contributed by atoms with E-state index in [0.29, 0.717) is 11.4 Å². The van der Waals surface area contributed by atoms with Gasteiger partial charge in [0.2, 0.25) is 0 Å². The molecule has 0 bridgehead atoms. The smallest absolute Gasteiger partial charge is 0.267 e. The number of rotatable bonds is 4. The summed E-state index contributed by atoms with van der Waals surface area (Å²) in [5.74, 6) is 0.0318. The van der Waals surface area contributed by atoms with E-state index in [0.717, 1.165) is 11.0 Å². The second-order valence-corrected chi connectivity index (χ2v) is 7.03. The van der Waals surface area contributed by atoms with Crippen LogP contribution in [-0.2, 0) is 5.41 Å². The van der Waals surface area contributed by atoms with E-state index >= 15 is 0 Å². The first-order valence-corrected chi connectivity index (χ1v) is 7.88. The molecule has 0 radical (unpaired) electrons. The maximum absolute atomic E-state index is 12.5. The maximum atomic E-state index is 12.5. The van der Waals surface area contributed by atoms with Crippen LogP contribution in [0, 0.1) is 0 Å². The van der Waals surface area contributed by atoms with Gasteiger partial charge in [-0.2, -0.15) is 0 Å². The Morgan fingerprint density at radius 2 is 2.06 bits per heavy atom. The van der Waals surface area contributed by atoms with Crippen molar-refractivity contribution in [1.29, 1.82) is 0 Å². The van der Waals surface area contributed by atoms with Gasteiger partial charge in [-0.15, -0.1) is 5.10 Å². The van der Waals surface area contributed by atoms with Crippen molar-refractivity contribution >= 4 is 33.4 Å². The first kappa shape index (κ1) is 15.6. The highest BCUT2D eigenvalue weighted by Gasteiger charge is 2.29. The molecule has 0 atom stereocenters. The topological polar surface area (TPSA) is 46.1 Å². The van der Waals surface area contributed by atoms with Crippen molar-refractivity contribution in [1.82, 2.24) is 14.5 Å².